The minimum atomic E-state index is -0.833. The Balaban J connectivity index is 0.00000120. The van der Waals surface area contributed by atoms with Crippen LogP contribution in [0.25, 0.3) is 15.6 Å². The van der Waals surface area contributed by atoms with Crippen molar-refractivity contribution in [2.45, 2.75) is 57.7 Å². The second-order valence-corrected chi connectivity index (χ2v) is 13.0. The quantitative estimate of drug-likeness (QED) is 0.142. The molecule has 1 aromatic heterocycles. The topological polar surface area (TPSA) is 160 Å². The molecule has 12 nitrogen and oxygen atoms in total. The standard InChI is InChI=1S/C36H37FN6O4.C2H4O2/c1-21-13-24-5-7-28(21)22(2)19-46-31(44)17-41-27-15-25(33(30(37)16-27)47-20-36(39-3)10-11-36)18-43(4)35(45)32(24)42-26-6-8-29-23(14-26)9-12-40-34(29)38;1-2(3)4/h5-9,12-16,22,32,41-42H,10-11,17-20H2,1-2,4H3,(H2,38,40);1H3,(H,3,4)/t22-,32+;/m0./s1. The molecule has 0 unspecified atom stereocenters. The summed E-state index contributed by atoms with van der Waals surface area (Å²) in [5.41, 5.74) is 9.55. The number of nitrogens with zero attached hydrogens (tertiary/aromatic N) is 3. The fourth-order valence-corrected chi connectivity index (χ4v) is 5.93. The van der Waals surface area contributed by atoms with Crippen molar-refractivity contribution in [1.29, 1.82) is 0 Å². The van der Waals surface area contributed by atoms with Crippen LogP contribution in [-0.4, -0.2) is 65.2 Å². The number of carbonyl (C=O) groups excluding carboxylic acids is 2. The number of benzene rings is 3. The molecule has 0 spiro atoms. The third kappa shape index (κ3) is 8.83. The monoisotopic (exact) mass is 696 g/mol. The molecule has 1 fully saturated rings. The average molecular weight is 697 g/mol. The van der Waals surface area contributed by atoms with Gasteiger partial charge in [-0.2, -0.15) is 0 Å². The number of hydrogen-bond acceptors (Lipinski definition) is 9. The lowest BCUT2D eigenvalue weighted by Gasteiger charge is -2.27. The SMILES string of the molecule is CC(=O)O.[C-]#[N+]C1(COc2c(F)cc3cc2CN(C)C(=O)[C@H](Nc2ccc4c(N)nccc4c2)c2ccc(c(C)c2)[C@@H](C)COC(=O)CN3)CC1. The van der Waals surface area contributed by atoms with Crippen LogP contribution < -0.4 is 21.1 Å². The van der Waals surface area contributed by atoms with Crippen molar-refractivity contribution in [3.8, 4) is 5.75 Å². The van der Waals surface area contributed by atoms with Gasteiger partial charge < -0.3 is 40.7 Å². The number of amides is 1. The van der Waals surface area contributed by atoms with Gasteiger partial charge in [-0.15, -0.1) is 0 Å². The lowest BCUT2D eigenvalue weighted by atomic mass is 9.93. The van der Waals surface area contributed by atoms with E-state index >= 15 is 4.39 Å². The molecule has 1 saturated carbocycles. The van der Waals surface area contributed by atoms with Crippen LogP contribution >= 0.6 is 0 Å². The van der Waals surface area contributed by atoms with Crippen molar-refractivity contribution in [3.05, 3.63) is 100 Å². The molecule has 51 heavy (non-hydrogen) atoms. The molecule has 3 heterocycles. The van der Waals surface area contributed by atoms with E-state index in [0.29, 0.717) is 35.6 Å². The molecule has 1 aliphatic carbocycles. The minimum absolute atomic E-state index is 0.00226. The van der Waals surface area contributed by atoms with Crippen LogP contribution in [-0.2, 0) is 25.7 Å². The fourth-order valence-electron chi connectivity index (χ4n) is 5.93. The van der Waals surface area contributed by atoms with Crippen LogP contribution in [0.15, 0.2) is 60.8 Å². The molecule has 1 amide bonds. The highest BCUT2D eigenvalue weighted by Gasteiger charge is 2.52. The Hall–Kier alpha value is -5.90. The summed E-state index contributed by atoms with van der Waals surface area (Å²) in [5.74, 6) is -1.93. The van der Waals surface area contributed by atoms with E-state index in [9.17, 15) is 9.59 Å². The lowest BCUT2D eigenvalue weighted by Crippen LogP contribution is -2.35. The summed E-state index contributed by atoms with van der Waals surface area (Å²) in [6, 6.07) is 15.4. The molecular weight excluding hydrogens is 655 g/mol. The second-order valence-electron chi connectivity index (χ2n) is 13.0. The predicted molar refractivity (Wildman–Crippen MR) is 192 cm³/mol. The third-order valence-electron chi connectivity index (χ3n) is 8.90. The number of hydrogen-bond donors (Lipinski definition) is 4. The normalized spacial score (nSPS) is 18.3. The van der Waals surface area contributed by atoms with E-state index < -0.39 is 29.3 Å². The van der Waals surface area contributed by atoms with E-state index in [0.717, 1.165) is 34.4 Å². The van der Waals surface area contributed by atoms with Crippen LogP contribution in [0, 0.1) is 19.3 Å². The maximum Gasteiger partial charge on any atom is 0.325 e. The number of rotatable bonds is 5. The molecule has 266 valence electrons. The molecule has 0 radical (unpaired) electrons. The molecule has 13 heteroatoms. The Labute approximate surface area is 295 Å². The number of nitrogens with one attached hydrogen (secondary N) is 2. The molecule has 5 N–H and O–H groups in total. The summed E-state index contributed by atoms with van der Waals surface area (Å²) in [4.78, 5) is 45.3. The number of ether oxygens (including phenoxy) is 2. The number of esters is 1. The first-order valence-corrected chi connectivity index (χ1v) is 16.5. The first-order chi connectivity index (χ1) is 24.3. The zero-order chi connectivity index (χ0) is 36.9. The Morgan fingerprint density at radius 1 is 1.22 bits per heavy atom. The molecule has 7 rings (SSSR count). The Kier molecular flexibility index (Phi) is 10.9. The zero-order valence-corrected chi connectivity index (χ0v) is 29.0. The predicted octanol–water partition coefficient (Wildman–Crippen LogP) is 6.07. The number of carboxylic acid groups (broad SMARTS) is 1. The van der Waals surface area contributed by atoms with Crippen molar-refractivity contribution < 1.29 is 33.4 Å². The summed E-state index contributed by atoms with van der Waals surface area (Å²) in [7, 11) is 1.65. The van der Waals surface area contributed by atoms with E-state index in [1.807, 2.05) is 56.3 Å². The van der Waals surface area contributed by atoms with E-state index in [1.54, 1.807) is 19.3 Å². The highest BCUT2D eigenvalue weighted by atomic mass is 19.1. The molecule has 4 aromatic rings. The first-order valence-electron chi connectivity index (χ1n) is 16.5. The van der Waals surface area contributed by atoms with Crippen molar-refractivity contribution in [1.82, 2.24) is 9.88 Å². The first kappa shape index (κ1) is 36.4. The van der Waals surface area contributed by atoms with Gasteiger partial charge in [0.2, 0.25) is 5.91 Å². The minimum Gasteiger partial charge on any atom is -0.482 e. The molecule has 2 atom stereocenters. The zero-order valence-electron chi connectivity index (χ0n) is 29.0. The van der Waals surface area contributed by atoms with E-state index in [-0.39, 0.29) is 43.9 Å². The van der Waals surface area contributed by atoms with Crippen LogP contribution in [0.5, 0.6) is 5.75 Å². The number of nitrogens with two attached hydrogens (primary N) is 1. The number of aromatic nitrogens is 1. The van der Waals surface area contributed by atoms with Gasteiger partial charge in [-0.3, -0.25) is 14.4 Å². The Morgan fingerprint density at radius 3 is 2.65 bits per heavy atom. The maximum atomic E-state index is 15.6. The largest absolute Gasteiger partial charge is 0.482 e. The van der Waals surface area contributed by atoms with Crippen molar-refractivity contribution >= 4 is 45.8 Å². The molecule has 2 aliphatic heterocycles. The summed E-state index contributed by atoms with van der Waals surface area (Å²) >= 11 is 0. The highest BCUT2D eigenvalue weighted by Crippen LogP contribution is 2.41. The Bertz CT molecular complexity index is 2010. The van der Waals surface area contributed by atoms with Crippen LogP contribution in [0.3, 0.4) is 0 Å². The van der Waals surface area contributed by atoms with Gasteiger partial charge in [0, 0.05) is 73.9 Å². The number of fused-ring (bicyclic) bond motifs is 11. The van der Waals surface area contributed by atoms with Gasteiger partial charge in [-0.1, -0.05) is 25.1 Å². The lowest BCUT2D eigenvalue weighted by molar-refractivity contribution is -0.142. The summed E-state index contributed by atoms with van der Waals surface area (Å²) in [5, 5.41) is 15.5. The van der Waals surface area contributed by atoms with Gasteiger partial charge in [0.25, 0.3) is 11.5 Å². The van der Waals surface area contributed by atoms with Gasteiger partial charge in [0.1, 0.15) is 18.4 Å². The number of carboxylic acids is 1. The summed E-state index contributed by atoms with van der Waals surface area (Å²) in [6.45, 7) is 12.6. The average Bonchev–Trinajstić information content (AvgIpc) is 3.87. The van der Waals surface area contributed by atoms with Crippen LogP contribution in [0.2, 0.25) is 0 Å². The van der Waals surface area contributed by atoms with Gasteiger partial charge in [0.05, 0.1) is 6.61 Å². The number of anilines is 3. The second kappa shape index (κ2) is 15.3. The number of carbonyl (C=O) groups is 3. The number of aryl methyl sites for hydroxylation is 1. The van der Waals surface area contributed by atoms with Crippen molar-refractivity contribution in [3.63, 3.8) is 0 Å². The van der Waals surface area contributed by atoms with Gasteiger partial charge in [-0.25, -0.2) is 15.9 Å². The van der Waals surface area contributed by atoms with Crippen LogP contribution in [0.4, 0.5) is 21.6 Å². The van der Waals surface area contributed by atoms with Crippen LogP contribution in [0.1, 0.15) is 60.9 Å². The molecule has 3 aliphatic rings. The summed E-state index contributed by atoms with van der Waals surface area (Å²) < 4.78 is 27.1. The number of likely N-dealkylation sites (N-methyl/N-ethyl adjacent to an activating group) is 1. The smallest absolute Gasteiger partial charge is 0.325 e. The van der Waals surface area contributed by atoms with Gasteiger partial charge >= 0.3 is 5.97 Å². The van der Waals surface area contributed by atoms with E-state index in [1.165, 1.54) is 11.0 Å². The van der Waals surface area contributed by atoms with E-state index in [2.05, 4.69) is 20.5 Å². The fraction of sp³-hybridized carbons (Fsp3) is 0.342. The summed E-state index contributed by atoms with van der Waals surface area (Å²) in [6.07, 6.45) is 3.02. The molecule has 0 saturated heterocycles. The number of nitrogen functional groups attached to an aromatic ring is 1. The maximum absolute atomic E-state index is 15.6. The number of aliphatic carboxylic acids is 1. The van der Waals surface area contributed by atoms with E-state index in [4.69, 9.17) is 31.7 Å². The van der Waals surface area contributed by atoms with Gasteiger partial charge in [0.15, 0.2) is 18.2 Å². The molecular formula is C38H41FN6O6. The van der Waals surface area contributed by atoms with Gasteiger partial charge in [-0.05, 0) is 59.3 Å². The molecule has 4 bridgehead atoms. The number of pyridine rings is 1. The molecule has 3 aromatic carbocycles. The Morgan fingerprint density at radius 2 is 1.96 bits per heavy atom. The highest BCUT2D eigenvalue weighted by molar-refractivity contribution is 5.94. The third-order valence-corrected chi connectivity index (χ3v) is 8.90. The van der Waals surface area contributed by atoms with Crippen molar-refractivity contribution in [2.75, 3.05) is 43.2 Å². The van der Waals surface area contributed by atoms with Crippen molar-refractivity contribution in [2.24, 2.45) is 0 Å². The number of halogens is 1.